The Hall–Kier alpha value is -1.68. The lowest BCUT2D eigenvalue weighted by atomic mass is 10.0. The van der Waals surface area contributed by atoms with Gasteiger partial charge in [0.1, 0.15) is 12.1 Å². The van der Waals surface area contributed by atoms with Crippen LogP contribution in [0.15, 0.2) is 24.7 Å². The number of hydrogen-bond acceptors (Lipinski definition) is 3. The van der Waals surface area contributed by atoms with Gasteiger partial charge in [-0.1, -0.05) is 6.07 Å². The van der Waals surface area contributed by atoms with Crippen molar-refractivity contribution in [3.05, 3.63) is 41.6 Å². The van der Waals surface area contributed by atoms with Gasteiger partial charge in [0.05, 0.1) is 5.69 Å². The van der Waals surface area contributed by atoms with Crippen LogP contribution in [0.4, 0.5) is 0 Å². The summed E-state index contributed by atoms with van der Waals surface area (Å²) in [4.78, 5) is 9.14. The molecule has 2 aromatic heterocycles. The summed E-state index contributed by atoms with van der Waals surface area (Å²) in [5, 5.41) is 3.29. The van der Waals surface area contributed by atoms with Crippen molar-refractivity contribution < 1.29 is 0 Å². The lowest BCUT2D eigenvalue weighted by Gasteiger charge is -2.18. The summed E-state index contributed by atoms with van der Waals surface area (Å²) in [6.07, 6.45) is 8.51. The predicted octanol–water partition coefficient (Wildman–Crippen LogP) is 2.43. The smallest absolute Gasteiger partial charge is 0.142 e. The summed E-state index contributed by atoms with van der Waals surface area (Å²) in [5.41, 5.74) is 3.81. The summed E-state index contributed by atoms with van der Waals surface area (Å²) in [5.74, 6) is 1.01. The maximum atomic E-state index is 4.58. The minimum atomic E-state index is 0.283. The third-order valence-electron chi connectivity index (χ3n) is 3.97. The molecule has 0 bridgehead atoms. The first-order valence-corrected chi connectivity index (χ1v) is 6.99. The van der Waals surface area contributed by atoms with E-state index in [1.54, 1.807) is 0 Å². The van der Waals surface area contributed by atoms with Gasteiger partial charge in [0, 0.05) is 23.5 Å². The summed E-state index contributed by atoms with van der Waals surface area (Å²) in [7, 11) is 1.98. The van der Waals surface area contributed by atoms with Gasteiger partial charge in [-0.15, -0.1) is 0 Å². The Labute approximate surface area is 113 Å². The van der Waals surface area contributed by atoms with Crippen LogP contribution in [-0.2, 0) is 12.8 Å². The molecule has 0 spiro atoms. The normalized spacial score (nSPS) is 16.1. The number of nitrogens with one attached hydrogen (secondary N) is 1. The maximum Gasteiger partial charge on any atom is 0.142 e. The third-order valence-corrected chi connectivity index (χ3v) is 3.97. The van der Waals surface area contributed by atoms with Crippen molar-refractivity contribution in [2.45, 2.75) is 38.6 Å². The highest BCUT2D eigenvalue weighted by atomic mass is 15.1. The van der Waals surface area contributed by atoms with Gasteiger partial charge in [-0.2, -0.15) is 0 Å². The lowest BCUT2D eigenvalue weighted by Crippen LogP contribution is -2.17. The van der Waals surface area contributed by atoms with Gasteiger partial charge in [-0.05, 0) is 45.7 Å². The lowest BCUT2D eigenvalue weighted by molar-refractivity contribution is 0.631. The van der Waals surface area contributed by atoms with E-state index in [-0.39, 0.29) is 6.04 Å². The molecule has 1 unspecified atom stereocenters. The van der Waals surface area contributed by atoms with Crippen molar-refractivity contribution in [2.75, 3.05) is 7.05 Å². The summed E-state index contributed by atoms with van der Waals surface area (Å²) in [6.45, 7) is 2.16. The van der Waals surface area contributed by atoms with Crippen molar-refractivity contribution in [1.29, 1.82) is 0 Å². The van der Waals surface area contributed by atoms with Crippen LogP contribution in [0.5, 0.6) is 0 Å². The second-order valence-electron chi connectivity index (χ2n) is 5.14. The molecule has 0 radical (unpaired) electrons. The fraction of sp³-hybridized carbons (Fsp3) is 0.467. The zero-order valence-corrected chi connectivity index (χ0v) is 11.6. The third kappa shape index (κ3) is 2.16. The highest BCUT2D eigenvalue weighted by molar-refractivity contribution is 5.39. The fourth-order valence-corrected chi connectivity index (χ4v) is 2.76. The van der Waals surface area contributed by atoms with E-state index in [1.165, 1.54) is 29.8 Å². The van der Waals surface area contributed by atoms with Crippen LogP contribution in [0, 0.1) is 0 Å². The topological polar surface area (TPSA) is 42.7 Å². The first-order chi connectivity index (χ1) is 9.31. The molecule has 2 aromatic rings. The average molecular weight is 256 g/mol. The van der Waals surface area contributed by atoms with Gasteiger partial charge in [0.15, 0.2) is 0 Å². The van der Waals surface area contributed by atoms with Crippen molar-refractivity contribution in [1.82, 2.24) is 19.9 Å². The fourth-order valence-electron chi connectivity index (χ4n) is 2.76. The first-order valence-electron chi connectivity index (χ1n) is 6.99. The Kier molecular flexibility index (Phi) is 3.34. The van der Waals surface area contributed by atoms with Crippen molar-refractivity contribution in [3.8, 4) is 5.82 Å². The van der Waals surface area contributed by atoms with Gasteiger partial charge in [-0.25, -0.2) is 9.97 Å². The van der Waals surface area contributed by atoms with Crippen LogP contribution in [0.2, 0.25) is 0 Å². The molecule has 1 atom stereocenters. The van der Waals surface area contributed by atoms with Crippen LogP contribution in [0.1, 0.15) is 42.8 Å². The first kappa shape index (κ1) is 12.4. The second-order valence-corrected chi connectivity index (χ2v) is 5.14. The monoisotopic (exact) mass is 256 g/mol. The number of fused-ring (bicyclic) bond motifs is 1. The van der Waals surface area contributed by atoms with Crippen LogP contribution >= 0.6 is 0 Å². The average Bonchev–Trinajstić information content (AvgIpc) is 2.90. The molecule has 3 rings (SSSR count). The van der Waals surface area contributed by atoms with Crippen LogP contribution in [-0.4, -0.2) is 21.6 Å². The van der Waals surface area contributed by atoms with Gasteiger partial charge in [-0.3, -0.25) is 4.57 Å². The van der Waals surface area contributed by atoms with Crippen molar-refractivity contribution in [2.24, 2.45) is 0 Å². The SMILES string of the molecule is CNC(C)c1cccnc1-n1cnc2c1CCCC2. The van der Waals surface area contributed by atoms with Crippen LogP contribution in [0.3, 0.4) is 0 Å². The molecule has 4 heteroatoms. The van der Waals surface area contributed by atoms with E-state index < -0.39 is 0 Å². The minimum Gasteiger partial charge on any atom is -0.313 e. The number of aryl methyl sites for hydroxylation is 1. The van der Waals surface area contributed by atoms with Gasteiger partial charge < -0.3 is 5.32 Å². The molecule has 0 saturated carbocycles. The molecule has 1 aliphatic carbocycles. The molecule has 1 N–H and O–H groups in total. The van der Waals surface area contributed by atoms with E-state index in [2.05, 4.69) is 32.8 Å². The zero-order valence-electron chi connectivity index (χ0n) is 11.6. The van der Waals surface area contributed by atoms with Crippen molar-refractivity contribution >= 4 is 0 Å². The molecule has 0 amide bonds. The number of hydrogen-bond donors (Lipinski definition) is 1. The Morgan fingerprint density at radius 2 is 2.11 bits per heavy atom. The van der Waals surface area contributed by atoms with E-state index in [1.807, 2.05) is 25.6 Å². The predicted molar refractivity (Wildman–Crippen MR) is 75.5 cm³/mol. The summed E-state index contributed by atoms with van der Waals surface area (Å²) in [6, 6.07) is 4.42. The molecule has 4 nitrogen and oxygen atoms in total. The highest BCUT2D eigenvalue weighted by Crippen LogP contribution is 2.25. The molecular weight excluding hydrogens is 236 g/mol. The number of rotatable bonds is 3. The molecule has 0 saturated heterocycles. The molecule has 1 aliphatic rings. The molecule has 0 aromatic carbocycles. The molecule has 2 heterocycles. The largest absolute Gasteiger partial charge is 0.313 e. The number of imidazole rings is 1. The number of aromatic nitrogens is 3. The molecule has 0 aliphatic heterocycles. The summed E-state index contributed by atoms with van der Waals surface area (Å²) >= 11 is 0. The number of pyridine rings is 1. The standard InChI is InChI=1S/C15H20N4/c1-11(16-2)12-6-5-9-17-15(12)19-10-18-13-7-3-4-8-14(13)19/h5-6,9-11,16H,3-4,7-8H2,1-2H3. The Bertz CT molecular complexity index is 573. The van der Waals surface area contributed by atoms with E-state index in [4.69, 9.17) is 0 Å². The van der Waals surface area contributed by atoms with E-state index in [9.17, 15) is 0 Å². The van der Waals surface area contributed by atoms with Crippen LogP contribution in [0.25, 0.3) is 5.82 Å². The molecule has 100 valence electrons. The van der Waals surface area contributed by atoms with Gasteiger partial charge >= 0.3 is 0 Å². The molecular formula is C15H20N4. The Morgan fingerprint density at radius 3 is 2.95 bits per heavy atom. The van der Waals surface area contributed by atoms with E-state index in [0.717, 1.165) is 18.7 Å². The van der Waals surface area contributed by atoms with Gasteiger partial charge in [0.2, 0.25) is 0 Å². The van der Waals surface area contributed by atoms with E-state index in [0.29, 0.717) is 0 Å². The summed E-state index contributed by atoms with van der Waals surface area (Å²) < 4.78 is 2.18. The zero-order chi connectivity index (χ0) is 13.2. The van der Waals surface area contributed by atoms with Crippen LogP contribution < -0.4 is 5.32 Å². The minimum absolute atomic E-state index is 0.283. The Balaban J connectivity index is 2.09. The second kappa shape index (κ2) is 5.13. The van der Waals surface area contributed by atoms with E-state index >= 15 is 0 Å². The Morgan fingerprint density at radius 1 is 1.26 bits per heavy atom. The van der Waals surface area contributed by atoms with Gasteiger partial charge in [0.25, 0.3) is 0 Å². The molecule has 19 heavy (non-hydrogen) atoms. The number of nitrogens with zero attached hydrogens (tertiary/aromatic N) is 3. The highest BCUT2D eigenvalue weighted by Gasteiger charge is 2.19. The van der Waals surface area contributed by atoms with Crippen molar-refractivity contribution in [3.63, 3.8) is 0 Å². The maximum absolute atomic E-state index is 4.58. The quantitative estimate of drug-likeness (QED) is 0.917. The molecule has 0 fully saturated rings.